The number of nitrogens with zero attached hydrogens (tertiary/aromatic N) is 2. The van der Waals surface area contributed by atoms with Gasteiger partial charge in [-0.05, 0) is 27.2 Å². The molecular weight excluding hydrogens is 244 g/mol. The summed E-state index contributed by atoms with van der Waals surface area (Å²) >= 11 is 0. The maximum absolute atomic E-state index is 11.5. The van der Waals surface area contributed by atoms with Gasteiger partial charge in [0.2, 0.25) is 0 Å². The normalized spacial score (nSPS) is 11.8. The number of aryl methyl sites for hydroxylation is 1. The Morgan fingerprint density at radius 2 is 2.16 bits per heavy atom. The van der Waals surface area contributed by atoms with E-state index in [1.807, 2.05) is 27.7 Å². The summed E-state index contributed by atoms with van der Waals surface area (Å²) in [6, 6.07) is 0. The van der Waals surface area contributed by atoms with Gasteiger partial charge in [0.25, 0.3) is 0 Å². The number of carboxylic acids is 1. The van der Waals surface area contributed by atoms with Crippen LogP contribution >= 0.6 is 0 Å². The number of aromatic carboxylic acids is 1. The van der Waals surface area contributed by atoms with E-state index in [2.05, 4.69) is 20.5 Å². The highest BCUT2D eigenvalue weighted by atomic mass is 16.4. The van der Waals surface area contributed by atoms with Crippen LogP contribution in [0.15, 0.2) is 6.20 Å². The Morgan fingerprint density at radius 1 is 1.47 bits per heavy atom. The van der Waals surface area contributed by atoms with E-state index in [1.165, 1.54) is 0 Å². The predicted octanol–water partition coefficient (Wildman–Crippen LogP) is 2.43. The highest BCUT2D eigenvalue weighted by Crippen LogP contribution is 2.30. The molecule has 2 heterocycles. The number of fused-ring (bicyclic) bond motifs is 1. The van der Waals surface area contributed by atoms with Gasteiger partial charge in [0.15, 0.2) is 5.65 Å². The van der Waals surface area contributed by atoms with E-state index in [0.717, 1.165) is 0 Å². The molecule has 0 saturated heterocycles. The number of nitrogens with one attached hydrogen (secondary N) is 2. The monoisotopic (exact) mass is 262 g/mol. The number of rotatable bonds is 3. The quantitative estimate of drug-likeness (QED) is 0.790. The minimum Gasteiger partial charge on any atom is -0.478 e. The summed E-state index contributed by atoms with van der Waals surface area (Å²) in [5.41, 5.74) is 1.72. The first-order chi connectivity index (χ1) is 8.83. The molecule has 0 saturated carbocycles. The molecule has 6 heteroatoms. The van der Waals surface area contributed by atoms with Gasteiger partial charge in [-0.1, -0.05) is 6.92 Å². The molecule has 2 aromatic rings. The lowest BCUT2D eigenvalue weighted by Gasteiger charge is -2.24. The van der Waals surface area contributed by atoms with Gasteiger partial charge in [-0.15, -0.1) is 0 Å². The molecule has 3 N–H and O–H groups in total. The van der Waals surface area contributed by atoms with Gasteiger partial charge in [0.05, 0.1) is 23.0 Å². The summed E-state index contributed by atoms with van der Waals surface area (Å²) in [7, 11) is 0. The lowest BCUT2D eigenvalue weighted by molar-refractivity contribution is 0.0696. The fraction of sp³-hybridized carbons (Fsp3) is 0.462. The molecule has 19 heavy (non-hydrogen) atoms. The van der Waals surface area contributed by atoms with Crippen molar-refractivity contribution >= 4 is 22.7 Å². The molecule has 2 rings (SSSR count). The Kier molecular flexibility index (Phi) is 3.18. The molecule has 102 valence electrons. The molecule has 2 aromatic heterocycles. The van der Waals surface area contributed by atoms with Crippen LogP contribution in [-0.2, 0) is 6.42 Å². The van der Waals surface area contributed by atoms with Crippen LogP contribution in [0.3, 0.4) is 0 Å². The third kappa shape index (κ3) is 2.52. The maximum atomic E-state index is 11.5. The van der Waals surface area contributed by atoms with E-state index in [1.54, 1.807) is 6.20 Å². The smallest absolute Gasteiger partial charge is 0.339 e. The Bertz CT molecular complexity index is 625. The van der Waals surface area contributed by atoms with Crippen molar-refractivity contribution < 1.29 is 9.90 Å². The maximum Gasteiger partial charge on any atom is 0.339 e. The van der Waals surface area contributed by atoms with Gasteiger partial charge in [-0.2, -0.15) is 5.10 Å². The van der Waals surface area contributed by atoms with Crippen LogP contribution in [0, 0.1) is 0 Å². The van der Waals surface area contributed by atoms with Crippen LogP contribution in [0.1, 0.15) is 43.7 Å². The van der Waals surface area contributed by atoms with Gasteiger partial charge >= 0.3 is 5.97 Å². The summed E-state index contributed by atoms with van der Waals surface area (Å²) < 4.78 is 0. The number of aromatic nitrogens is 3. The molecule has 0 amide bonds. The Hall–Kier alpha value is -2.11. The second kappa shape index (κ2) is 4.53. The first kappa shape index (κ1) is 13.3. The number of H-pyrrole nitrogens is 1. The van der Waals surface area contributed by atoms with E-state index < -0.39 is 5.97 Å². The Labute approximate surface area is 111 Å². The van der Waals surface area contributed by atoms with Crippen molar-refractivity contribution in [2.45, 2.75) is 39.7 Å². The van der Waals surface area contributed by atoms with E-state index in [0.29, 0.717) is 28.8 Å². The minimum absolute atomic E-state index is 0.228. The number of aromatic amines is 1. The van der Waals surface area contributed by atoms with Crippen LogP contribution in [0.5, 0.6) is 0 Å². The van der Waals surface area contributed by atoms with Gasteiger partial charge in [0.1, 0.15) is 5.56 Å². The number of carbonyl (C=O) groups is 1. The minimum atomic E-state index is -0.973. The van der Waals surface area contributed by atoms with Crippen LogP contribution in [-0.4, -0.2) is 31.8 Å². The van der Waals surface area contributed by atoms with Gasteiger partial charge in [0, 0.05) is 5.54 Å². The van der Waals surface area contributed by atoms with Crippen molar-refractivity contribution in [1.29, 1.82) is 0 Å². The van der Waals surface area contributed by atoms with Crippen LogP contribution in [0.4, 0.5) is 5.69 Å². The van der Waals surface area contributed by atoms with E-state index >= 15 is 0 Å². The third-order valence-electron chi connectivity index (χ3n) is 2.72. The molecule has 0 aliphatic heterocycles. The van der Waals surface area contributed by atoms with Gasteiger partial charge in [-0.25, -0.2) is 9.78 Å². The molecular formula is C13H18N4O2. The summed E-state index contributed by atoms with van der Waals surface area (Å²) in [6.45, 7) is 7.83. The Morgan fingerprint density at radius 3 is 2.68 bits per heavy atom. The zero-order valence-electron chi connectivity index (χ0n) is 11.5. The van der Waals surface area contributed by atoms with E-state index in [-0.39, 0.29) is 11.1 Å². The number of carboxylic acid groups (broad SMARTS) is 1. The molecule has 0 bridgehead atoms. The largest absolute Gasteiger partial charge is 0.478 e. The van der Waals surface area contributed by atoms with Crippen molar-refractivity contribution in [3.8, 4) is 0 Å². The summed E-state index contributed by atoms with van der Waals surface area (Å²) in [5.74, 6) is -0.973. The molecule has 0 atom stereocenters. The molecule has 6 nitrogen and oxygen atoms in total. The molecule has 0 aliphatic rings. The lowest BCUT2D eigenvalue weighted by Crippen LogP contribution is -2.28. The summed E-state index contributed by atoms with van der Waals surface area (Å²) in [6.07, 6.45) is 2.15. The van der Waals surface area contributed by atoms with Crippen LogP contribution in [0.2, 0.25) is 0 Å². The molecule has 0 spiro atoms. The zero-order valence-corrected chi connectivity index (χ0v) is 11.5. The molecule has 0 fully saturated rings. The van der Waals surface area contributed by atoms with Gasteiger partial charge in [-0.3, -0.25) is 5.10 Å². The van der Waals surface area contributed by atoms with Crippen molar-refractivity contribution in [1.82, 2.24) is 15.2 Å². The van der Waals surface area contributed by atoms with Gasteiger partial charge < -0.3 is 10.4 Å². The standard InChI is InChI=1S/C13H18N4O2/c1-5-8-9(12(18)19)10(16-13(2,3)4)7-6-14-17-11(7)15-8/h6H,5H2,1-4H3,(H,18,19)(H2,14,15,16,17). The topological polar surface area (TPSA) is 90.9 Å². The number of hydrogen-bond acceptors (Lipinski definition) is 4. The number of anilines is 1. The predicted molar refractivity (Wildman–Crippen MR) is 73.6 cm³/mol. The molecule has 0 radical (unpaired) electrons. The summed E-state index contributed by atoms with van der Waals surface area (Å²) in [5, 5.41) is 20.2. The number of pyridine rings is 1. The molecule has 0 aliphatic carbocycles. The van der Waals surface area contributed by atoms with E-state index in [9.17, 15) is 9.90 Å². The SMILES string of the molecule is CCc1nc2[nH]ncc2c(NC(C)(C)C)c1C(=O)O. The van der Waals surface area contributed by atoms with Crippen molar-refractivity contribution in [3.63, 3.8) is 0 Å². The average Bonchev–Trinajstić information content (AvgIpc) is 2.73. The fourth-order valence-electron chi connectivity index (χ4n) is 2.01. The molecule has 0 unspecified atom stereocenters. The highest BCUT2D eigenvalue weighted by molar-refractivity contribution is 6.04. The Balaban J connectivity index is 2.77. The summed E-state index contributed by atoms with van der Waals surface area (Å²) in [4.78, 5) is 15.9. The second-order valence-electron chi connectivity index (χ2n) is 5.47. The van der Waals surface area contributed by atoms with Crippen molar-refractivity contribution in [2.75, 3.05) is 5.32 Å². The first-order valence-corrected chi connectivity index (χ1v) is 6.21. The van der Waals surface area contributed by atoms with E-state index in [4.69, 9.17) is 0 Å². The first-order valence-electron chi connectivity index (χ1n) is 6.21. The number of hydrogen-bond donors (Lipinski definition) is 3. The zero-order chi connectivity index (χ0) is 14.2. The second-order valence-corrected chi connectivity index (χ2v) is 5.47. The molecule has 0 aromatic carbocycles. The van der Waals surface area contributed by atoms with Crippen molar-refractivity contribution in [2.24, 2.45) is 0 Å². The average molecular weight is 262 g/mol. The lowest BCUT2D eigenvalue weighted by atomic mass is 10.0. The highest BCUT2D eigenvalue weighted by Gasteiger charge is 2.23. The third-order valence-corrected chi connectivity index (χ3v) is 2.72. The van der Waals surface area contributed by atoms with Crippen LogP contribution < -0.4 is 5.32 Å². The van der Waals surface area contributed by atoms with Crippen molar-refractivity contribution in [3.05, 3.63) is 17.5 Å². The fourth-order valence-corrected chi connectivity index (χ4v) is 2.01. The van der Waals surface area contributed by atoms with Crippen LogP contribution in [0.25, 0.3) is 11.0 Å².